The van der Waals surface area contributed by atoms with Gasteiger partial charge in [0.2, 0.25) is 0 Å². The molecule has 3 saturated heterocycles. The van der Waals surface area contributed by atoms with Gasteiger partial charge >= 0.3 is 12.1 Å². The molecule has 2 aromatic carbocycles. The number of amides is 1. The molecule has 0 radical (unpaired) electrons. The summed E-state index contributed by atoms with van der Waals surface area (Å²) in [5.41, 5.74) is 4.30. The zero-order valence-electron chi connectivity index (χ0n) is 26.9. The van der Waals surface area contributed by atoms with Crippen LogP contribution in [0.4, 0.5) is 16.3 Å². The van der Waals surface area contributed by atoms with Gasteiger partial charge in [-0.05, 0) is 90.4 Å². The highest BCUT2D eigenvalue weighted by Gasteiger charge is 2.45. The van der Waals surface area contributed by atoms with E-state index in [4.69, 9.17) is 19.4 Å². The number of hydrogen-bond acceptors (Lipinski definition) is 8. The predicted octanol–water partition coefficient (Wildman–Crippen LogP) is 5.56. The first kappa shape index (κ1) is 29.1. The van der Waals surface area contributed by atoms with Crippen molar-refractivity contribution in [1.82, 2.24) is 19.8 Å². The molecule has 234 valence electrons. The van der Waals surface area contributed by atoms with E-state index in [1.807, 2.05) is 25.7 Å². The summed E-state index contributed by atoms with van der Waals surface area (Å²) >= 11 is 0. The van der Waals surface area contributed by atoms with Crippen molar-refractivity contribution < 1.29 is 14.3 Å². The highest BCUT2D eigenvalue weighted by molar-refractivity contribution is 5.97. The van der Waals surface area contributed by atoms with Gasteiger partial charge in [-0.3, -0.25) is 4.90 Å². The number of carbonyl (C=O) groups is 1. The van der Waals surface area contributed by atoms with Gasteiger partial charge in [-0.25, -0.2) is 4.79 Å². The van der Waals surface area contributed by atoms with E-state index in [-0.39, 0.29) is 18.2 Å². The van der Waals surface area contributed by atoms with Crippen LogP contribution in [-0.4, -0.2) is 89.4 Å². The molecule has 3 atom stereocenters. The van der Waals surface area contributed by atoms with Crippen LogP contribution in [0.25, 0.3) is 10.8 Å². The second kappa shape index (κ2) is 11.4. The zero-order valence-corrected chi connectivity index (χ0v) is 26.9. The summed E-state index contributed by atoms with van der Waals surface area (Å²) in [6, 6.07) is 14.2. The molecule has 4 aliphatic heterocycles. The molecule has 4 aliphatic rings. The lowest BCUT2D eigenvalue weighted by Crippen LogP contribution is -2.57. The number of nitrogens with zero attached hydrogens (tertiary/aromatic N) is 6. The fraction of sp³-hybridized carbons (Fsp3) is 0.571. The van der Waals surface area contributed by atoms with Crippen molar-refractivity contribution >= 4 is 28.4 Å². The number of hydrogen-bond donors (Lipinski definition) is 0. The standard InChI is InChI=1S/C35H46N6O3/c1-23-9-6-10-24-11-7-13-30(31(23)24)39-18-16-28-29(21-39)36-33(43-22-27-12-8-17-38(27)5)37-32(28)40-19-25-14-15-26(20-40)41(25)34(42)44-35(2,3)4/h6-7,9-11,13,25-27H,8,12,14-22H2,1-5H3/t25?,26?,27-/m0/s1. The van der Waals surface area contributed by atoms with Crippen molar-refractivity contribution in [3.63, 3.8) is 0 Å². The average Bonchev–Trinajstić information content (AvgIpc) is 3.52. The molecule has 3 fully saturated rings. The Labute approximate surface area is 261 Å². The number of aryl methyl sites for hydroxylation is 1. The molecule has 1 aromatic heterocycles. The van der Waals surface area contributed by atoms with Gasteiger partial charge in [0.1, 0.15) is 18.0 Å². The minimum atomic E-state index is -0.506. The summed E-state index contributed by atoms with van der Waals surface area (Å²) in [6.45, 7) is 12.8. The SMILES string of the molecule is Cc1cccc2cccc(N3CCc4c(nc(OC[C@@H]5CCCN5C)nc4N4CC5CCC(C4)N5C(=O)OC(C)(C)C)C3)c12. The van der Waals surface area contributed by atoms with Crippen LogP contribution in [0.3, 0.4) is 0 Å². The minimum absolute atomic E-state index is 0.115. The van der Waals surface area contributed by atoms with Crippen molar-refractivity contribution in [2.24, 2.45) is 0 Å². The second-order valence-electron chi connectivity index (χ2n) is 14.1. The summed E-state index contributed by atoms with van der Waals surface area (Å²) < 4.78 is 12.2. The topological polar surface area (TPSA) is 74.3 Å². The third-order valence-corrected chi connectivity index (χ3v) is 9.92. The number of ether oxygens (including phenoxy) is 2. The van der Waals surface area contributed by atoms with Crippen LogP contribution in [0.1, 0.15) is 63.3 Å². The molecule has 44 heavy (non-hydrogen) atoms. The fourth-order valence-corrected chi connectivity index (χ4v) is 7.74. The van der Waals surface area contributed by atoms with Gasteiger partial charge in [0.25, 0.3) is 0 Å². The van der Waals surface area contributed by atoms with Crippen LogP contribution in [0.15, 0.2) is 36.4 Å². The summed E-state index contributed by atoms with van der Waals surface area (Å²) in [4.78, 5) is 32.6. The van der Waals surface area contributed by atoms with Gasteiger partial charge in [-0.1, -0.05) is 30.3 Å². The highest BCUT2D eigenvalue weighted by Crippen LogP contribution is 2.38. The smallest absolute Gasteiger partial charge is 0.410 e. The number of benzene rings is 2. The molecule has 0 aliphatic carbocycles. The number of anilines is 2. The summed E-state index contributed by atoms with van der Waals surface area (Å²) in [5.74, 6) is 0.985. The van der Waals surface area contributed by atoms with Gasteiger partial charge < -0.3 is 24.2 Å². The lowest BCUT2D eigenvalue weighted by Gasteiger charge is -2.43. The lowest BCUT2D eigenvalue weighted by atomic mass is 9.99. The molecule has 9 nitrogen and oxygen atoms in total. The van der Waals surface area contributed by atoms with Crippen LogP contribution < -0.4 is 14.5 Å². The van der Waals surface area contributed by atoms with E-state index in [0.717, 1.165) is 63.4 Å². The Morgan fingerprint density at radius 2 is 1.73 bits per heavy atom. The van der Waals surface area contributed by atoms with Crippen molar-refractivity contribution in [1.29, 1.82) is 0 Å². The van der Waals surface area contributed by atoms with Gasteiger partial charge in [0, 0.05) is 42.3 Å². The maximum atomic E-state index is 13.2. The summed E-state index contributed by atoms with van der Waals surface area (Å²) in [7, 11) is 2.17. The Bertz CT molecular complexity index is 1530. The quantitative estimate of drug-likeness (QED) is 0.378. The third kappa shape index (κ3) is 5.55. The molecule has 0 spiro atoms. The van der Waals surface area contributed by atoms with Gasteiger partial charge in [0.15, 0.2) is 0 Å². The Morgan fingerprint density at radius 1 is 0.977 bits per heavy atom. The Balaban J connectivity index is 1.20. The molecule has 9 heteroatoms. The van der Waals surface area contributed by atoms with E-state index >= 15 is 0 Å². The fourth-order valence-electron chi connectivity index (χ4n) is 7.74. The number of likely N-dealkylation sites (N-methyl/N-ethyl adjacent to an activating group) is 1. The number of aromatic nitrogens is 2. The van der Waals surface area contributed by atoms with Gasteiger partial charge in [0.05, 0.1) is 24.3 Å². The zero-order chi connectivity index (χ0) is 30.6. The number of fused-ring (bicyclic) bond motifs is 4. The largest absolute Gasteiger partial charge is 0.462 e. The van der Waals surface area contributed by atoms with Crippen molar-refractivity contribution in [3.8, 4) is 6.01 Å². The van der Waals surface area contributed by atoms with E-state index < -0.39 is 5.60 Å². The number of carbonyl (C=O) groups excluding carboxylic acids is 1. The minimum Gasteiger partial charge on any atom is -0.462 e. The van der Waals surface area contributed by atoms with Gasteiger partial charge in [-0.2, -0.15) is 9.97 Å². The van der Waals surface area contributed by atoms with Crippen LogP contribution in [-0.2, 0) is 17.7 Å². The molecule has 7 rings (SSSR count). The molecular formula is C35H46N6O3. The molecule has 1 amide bonds. The second-order valence-corrected chi connectivity index (χ2v) is 14.1. The van der Waals surface area contributed by atoms with E-state index in [0.29, 0.717) is 25.2 Å². The lowest BCUT2D eigenvalue weighted by molar-refractivity contribution is 0.0122. The number of likely N-dealkylation sites (tertiary alicyclic amines) is 1. The highest BCUT2D eigenvalue weighted by atomic mass is 16.6. The van der Waals surface area contributed by atoms with E-state index in [2.05, 4.69) is 65.1 Å². The molecule has 2 bridgehead atoms. The summed E-state index contributed by atoms with van der Waals surface area (Å²) in [5, 5.41) is 2.57. The predicted molar refractivity (Wildman–Crippen MR) is 174 cm³/mol. The molecule has 5 heterocycles. The van der Waals surface area contributed by atoms with E-state index in [1.165, 1.54) is 34.0 Å². The van der Waals surface area contributed by atoms with Crippen LogP contribution in [0, 0.1) is 6.92 Å². The van der Waals surface area contributed by atoms with E-state index in [1.54, 1.807) is 0 Å². The molecular weight excluding hydrogens is 552 g/mol. The average molecular weight is 599 g/mol. The Morgan fingerprint density at radius 3 is 2.43 bits per heavy atom. The first-order valence-electron chi connectivity index (χ1n) is 16.4. The van der Waals surface area contributed by atoms with Crippen molar-refractivity contribution in [2.45, 2.75) is 90.1 Å². The first-order chi connectivity index (χ1) is 21.1. The van der Waals surface area contributed by atoms with Crippen LogP contribution in [0.5, 0.6) is 6.01 Å². The van der Waals surface area contributed by atoms with E-state index in [9.17, 15) is 4.79 Å². The Hall–Kier alpha value is -3.59. The van der Waals surface area contributed by atoms with Crippen molar-refractivity contribution in [2.75, 3.05) is 49.6 Å². The van der Waals surface area contributed by atoms with Crippen LogP contribution >= 0.6 is 0 Å². The summed E-state index contributed by atoms with van der Waals surface area (Å²) in [6.07, 6.45) is 4.97. The van der Waals surface area contributed by atoms with Crippen molar-refractivity contribution in [3.05, 3.63) is 53.2 Å². The maximum Gasteiger partial charge on any atom is 0.410 e. The number of rotatable bonds is 5. The Kier molecular flexibility index (Phi) is 7.55. The van der Waals surface area contributed by atoms with Gasteiger partial charge in [-0.15, -0.1) is 0 Å². The molecule has 0 N–H and O–H groups in total. The normalized spacial score (nSPS) is 23.8. The monoisotopic (exact) mass is 598 g/mol. The first-order valence-corrected chi connectivity index (χ1v) is 16.4. The molecule has 0 saturated carbocycles. The third-order valence-electron chi connectivity index (χ3n) is 9.92. The molecule has 3 aromatic rings. The number of piperazine rings is 1. The molecule has 2 unspecified atom stereocenters. The van der Waals surface area contributed by atoms with Crippen LogP contribution in [0.2, 0.25) is 0 Å². The maximum absolute atomic E-state index is 13.2.